The second kappa shape index (κ2) is 6.11. The third-order valence-electron chi connectivity index (χ3n) is 2.82. The number of hydrogen-bond acceptors (Lipinski definition) is 3. The number of rotatable bonds is 6. The normalized spacial score (nSPS) is 13.7. The van der Waals surface area contributed by atoms with E-state index in [9.17, 15) is 13.9 Å². The highest BCUT2D eigenvalue weighted by Gasteiger charge is 2.21. The zero-order valence-electron chi connectivity index (χ0n) is 10.8. The Morgan fingerprint density at radius 3 is 2.28 bits per heavy atom. The number of ether oxygens (including phenoxy) is 1. The topological polar surface area (TPSA) is 41.5 Å². The summed E-state index contributed by atoms with van der Waals surface area (Å²) < 4.78 is 28.1. The van der Waals surface area contributed by atoms with Crippen LogP contribution in [0.2, 0.25) is 0 Å². The van der Waals surface area contributed by atoms with Gasteiger partial charge < -0.3 is 15.2 Å². The number of nitrogens with one attached hydrogen (secondary N) is 1. The molecule has 1 aromatic rings. The van der Waals surface area contributed by atoms with Crippen molar-refractivity contribution in [2.24, 2.45) is 0 Å². The molecule has 0 aliphatic rings. The van der Waals surface area contributed by atoms with E-state index in [2.05, 4.69) is 10.1 Å². The molecule has 0 spiro atoms. The molecule has 1 rings (SSSR count). The van der Waals surface area contributed by atoms with E-state index in [1.165, 1.54) is 12.1 Å². The Hall–Kier alpha value is -1.20. The molecule has 0 saturated carbocycles. The van der Waals surface area contributed by atoms with Crippen molar-refractivity contribution in [3.63, 3.8) is 0 Å². The molecule has 0 aromatic heterocycles. The van der Waals surface area contributed by atoms with Crippen LogP contribution in [-0.4, -0.2) is 23.4 Å². The van der Waals surface area contributed by atoms with Crippen LogP contribution in [0.1, 0.15) is 26.3 Å². The first-order valence-electron chi connectivity index (χ1n) is 5.78. The standard InChI is InChI=1S/C13H19F2NO2/c1-9(13(2,3)17)16-8-10-4-6-11(7-5-10)18-12(14)15/h4-7,9,12,16-17H,8H2,1-3H3. The Morgan fingerprint density at radius 1 is 1.28 bits per heavy atom. The Morgan fingerprint density at radius 2 is 1.83 bits per heavy atom. The largest absolute Gasteiger partial charge is 0.435 e. The maximum atomic E-state index is 11.9. The molecule has 0 saturated heterocycles. The van der Waals surface area contributed by atoms with Gasteiger partial charge in [-0.2, -0.15) is 8.78 Å². The molecule has 0 bridgehead atoms. The molecule has 0 aliphatic carbocycles. The van der Waals surface area contributed by atoms with Gasteiger partial charge >= 0.3 is 6.61 Å². The molecule has 1 atom stereocenters. The number of aliphatic hydroxyl groups is 1. The summed E-state index contributed by atoms with van der Waals surface area (Å²) in [6.07, 6.45) is 0. The van der Waals surface area contributed by atoms with Gasteiger partial charge in [0.15, 0.2) is 0 Å². The van der Waals surface area contributed by atoms with E-state index in [-0.39, 0.29) is 11.8 Å². The third-order valence-corrected chi connectivity index (χ3v) is 2.82. The van der Waals surface area contributed by atoms with Crippen LogP contribution in [0.3, 0.4) is 0 Å². The van der Waals surface area contributed by atoms with Crippen LogP contribution >= 0.6 is 0 Å². The van der Waals surface area contributed by atoms with Crippen molar-refractivity contribution >= 4 is 0 Å². The average molecular weight is 259 g/mol. The minimum Gasteiger partial charge on any atom is -0.435 e. The van der Waals surface area contributed by atoms with Gasteiger partial charge in [-0.05, 0) is 38.5 Å². The molecule has 18 heavy (non-hydrogen) atoms. The van der Waals surface area contributed by atoms with Gasteiger partial charge in [0.2, 0.25) is 0 Å². The second-order valence-electron chi connectivity index (χ2n) is 4.78. The van der Waals surface area contributed by atoms with Gasteiger partial charge in [0, 0.05) is 12.6 Å². The van der Waals surface area contributed by atoms with Gasteiger partial charge in [0.05, 0.1) is 5.60 Å². The fourth-order valence-corrected chi connectivity index (χ4v) is 1.31. The zero-order valence-corrected chi connectivity index (χ0v) is 10.8. The fourth-order valence-electron chi connectivity index (χ4n) is 1.31. The average Bonchev–Trinajstić information content (AvgIpc) is 2.25. The first kappa shape index (κ1) is 14.9. The summed E-state index contributed by atoms with van der Waals surface area (Å²) in [6, 6.07) is 6.34. The molecule has 0 radical (unpaired) electrons. The number of alkyl halides is 2. The summed E-state index contributed by atoms with van der Waals surface area (Å²) in [7, 11) is 0. The maximum Gasteiger partial charge on any atom is 0.387 e. The summed E-state index contributed by atoms with van der Waals surface area (Å²) in [5.41, 5.74) is 0.131. The van der Waals surface area contributed by atoms with Crippen LogP contribution < -0.4 is 10.1 Å². The highest BCUT2D eigenvalue weighted by Crippen LogP contribution is 2.15. The first-order valence-corrected chi connectivity index (χ1v) is 5.78. The minimum atomic E-state index is -2.80. The summed E-state index contributed by atoms with van der Waals surface area (Å²) >= 11 is 0. The molecule has 2 N–H and O–H groups in total. The van der Waals surface area contributed by atoms with Crippen molar-refractivity contribution in [2.45, 2.75) is 45.6 Å². The van der Waals surface area contributed by atoms with E-state index < -0.39 is 12.2 Å². The molecule has 1 unspecified atom stereocenters. The predicted molar refractivity (Wildman–Crippen MR) is 65.7 cm³/mol. The SMILES string of the molecule is CC(NCc1ccc(OC(F)F)cc1)C(C)(C)O. The lowest BCUT2D eigenvalue weighted by atomic mass is 10.0. The highest BCUT2D eigenvalue weighted by molar-refractivity contribution is 5.27. The van der Waals surface area contributed by atoms with E-state index >= 15 is 0 Å². The van der Waals surface area contributed by atoms with Gasteiger partial charge in [0.25, 0.3) is 0 Å². The molecule has 1 aromatic carbocycles. The fraction of sp³-hybridized carbons (Fsp3) is 0.538. The van der Waals surface area contributed by atoms with Crippen molar-refractivity contribution in [3.8, 4) is 5.75 Å². The molecular weight excluding hydrogens is 240 g/mol. The zero-order chi connectivity index (χ0) is 13.8. The van der Waals surface area contributed by atoms with Gasteiger partial charge in [-0.25, -0.2) is 0 Å². The molecule has 0 aliphatic heterocycles. The molecule has 102 valence electrons. The van der Waals surface area contributed by atoms with Gasteiger partial charge in [0.1, 0.15) is 5.75 Å². The van der Waals surface area contributed by atoms with Crippen molar-refractivity contribution in [1.82, 2.24) is 5.32 Å². The van der Waals surface area contributed by atoms with Gasteiger partial charge in [-0.1, -0.05) is 12.1 Å². The monoisotopic (exact) mass is 259 g/mol. The van der Waals surface area contributed by atoms with Crippen molar-refractivity contribution in [2.75, 3.05) is 0 Å². The minimum absolute atomic E-state index is 0.0745. The highest BCUT2D eigenvalue weighted by atomic mass is 19.3. The van der Waals surface area contributed by atoms with Crippen LogP contribution in [0.4, 0.5) is 8.78 Å². The van der Waals surface area contributed by atoms with Gasteiger partial charge in [-0.3, -0.25) is 0 Å². The Bertz CT molecular complexity index is 360. The van der Waals surface area contributed by atoms with Crippen molar-refractivity contribution < 1.29 is 18.6 Å². The van der Waals surface area contributed by atoms with E-state index in [1.807, 2.05) is 6.92 Å². The Labute approximate surface area is 106 Å². The summed E-state index contributed by atoms with van der Waals surface area (Å²) in [5, 5.41) is 12.9. The lowest BCUT2D eigenvalue weighted by molar-refractivity contribution is -0.0498. The van der Waals surface area contributed by atoms with Crippen LogP contribution in [-0.2, 0) is 6.54 Å². The lowest BCUT2D eigenvalue weighted by Crippen LogP contribution is -2.44. The van der Waals surface area contributed by atoms with E-state index in [0.29, 0.717) is 6.54 Å². The lowest BCUT2D eigenvalue weighted by Gasteiger charge is -2.26. The predicted octanol–water partition coefficient (Wildman–Crippen LogP) is 2.54. The maximum absolute atomic E-state index is 11.9. The van der Waals surface area contributed by atoms with Crippen LogP contribution in [0.5, 0.6) is 5.75 Å². The number of halogens is 2. The Balaban J connectivity index is 2.49. The molecular formula is C13H19F2NO2. The van der Waals surface area contributed by atoms with E-state index in [1.54, 1.807) is 26.0 Å². The number of hydrogen-bond donors (Lipinski definition) is 2. The van der Waals surface area contributed by atoms with Crippen molar-refractivity contribution in [1.29, 1.82) is 0 Å². The van der Waals surface area contributed by atoms with E-state index in [0.717, 1.165) is 5.56 Å². The Kier molecular flexibility index (Phi) is 5.04. The molecule has 0 heterocycles. The molecule has 0 amide bonds. The van der Waals surface area contributed by atoms with Crippen LogP contribution in [0.15, 0.2) is 24.3 Å². The summed E-state index contributed by atoms with van der Waals surface area (Å²) in [5.74, 6) is 0.143. The van der Waals surface area contributed by atoms with Crippen LogP contribution in [0.25, 0.3) is 0 Å². The van der Waals surface area contributed by atoms with Crippen LogP contribution in [0, 0.1) is 0 Å². The second-order valence-corrected chi connectivity index (χ2v) is 4.78. The summed E-state index contributed by atoms with van der Waals surface area (Å²) in [4.78, 5) is 0. The van der Waals surface area contributed by atoms with Crippen molar-refractivity contribution in [3.05, 3.63) is 29.8 Å². The van der Waals surface area contributed by atoms with Gasteiger partial charge in [-0.15, -0.1) is 0 Å². The molecule has 5 heteroatoms. The first-order chi connectivity index (χ1) is 8.29. The smallest absolute Gasteiger partial charge is 0.387 e. The van der Waals surface area contributed by atoms with E-state index in [4.69, 9.17) is 0 Å². The quantitative estimate of drug-likeness (QED) is 0.825. The third kappa shape index (κ3) is 4.98. The number of benzene rings is 1. The molecule has 3 nitrogen and oxygen atoms in total. The summed E-state index contributed by atoms with van der Waals surface area (Å²) in [6.45, 7) is 3.09. The molecule has 0 fully saturated rings.